The minimum atomic E-state index is -0.340. The molecule has 2 heterocycles. The number of H-pyrrole nitrogens is 1. The minimum absolute atomic E-state index is 0.316. The van der Waals surface area contributed by atoms with Gasteiger partial charge in [0.15, 0.2) is 0 Å². The number of para-hydroxylation sites is 1. The van der Waals surface area contributed by atoms with Gasteiger partial charge in [-0.1, -0.05) is 38.0 Å². The van der Waals surface area contributed by atoms with Crippen molar-refractivity contribution >= 4 is 28.3 Å². The Labute approximate surface area is 123 Å². The van der Waals surface area contributed by atoms with Crippen LogP contribution in [0.15, 0.2) is 30.3 Å². The number of hydrogen-bond acceptors (Lipinski definition) is 2. The second-order valence-corrected chi connectivity index (χ2v) is 5.36. The Morgan fingerprint density at radius 1 is 1.10 bits per heavy atom. The molecule has 4 heteroatoms. The lowest BCUT2D eigenvalue weighted by atomic mass is 10.00. The van der Waals surface area contributed by atoms with Gasteiger partial charge in [-0.15, -0.1) is 0 Å². The van der Waals surface area contributed by atoms with Gasteiger partial charge in [-0.05, 0) is 24.5 Å². The number of rotatable bonds is 5. The lowest BCUT2D eigenvalue weighted by molar-refractivity contribution is -0.123. The average Bonchev–Trinajstić information content (AvgIpc) is 2.99. The molecule has 1 aromatic carbocycles. The summed E-state index contributed by atoms with van der Waals surface area (Å²) in [4.78, 5) is 26.6. The van der Waals surface area contributed by atoms with E-state index in [2.05, 4.69) is 23.3 Å². The summed E-state index contributed by atoms with van der Waals surface area (Å²) in [5, 5.41) is 3.45. The van der Waals surface area contributed by atoms with Crippen LogP contribution in [0.2, 0.25) is 0 Å². The first kappa shape index (κ1) is 13.6. The molecule has 0 atom stereocenters. The Morgan fingerprint density at radius 3 is 2.62 bits per heavy atom. The molecular formula is C17H18N2O2. The van der Waals surface area contributed by atoms with Crippen LogP contribution in [0.4, 0.5) is 0 Å². The first-order valence-electron chi connectivity index (χ1n) is 7.37. The molecule has 4 nitrogen and oxygen atoms in total. The molecular weight excluding hydrogens is 264 g/mol. The highest BCUT2D eigenvalue weighted by atomic mass is 16.2. The molecule has 0 fully saturated rings. The number of aromatic amines is 1. The maximum absolute atomic E-state index is 11.9. The highest BCUT2D eigenvalue weighted by molar-refractivity contribution is 6.33. The van der Waals surface area contributed by atoms with Crippen molar-refractivity contribution in [2.75, 3.05) is 0 Å². The number of unbranched alkanes of at least 4 members (excludes halogenated alkanes) is 2. The Hall–Kier alpha value is -2.36. The molecule has 1 aliphatic rings. The van der Waals surface area contributed by atoms with E-state index in [4.69, 9.17) is 0 Å². The highest BCUT2D eigenvalue weighted by Gasteiger charge is 2.26. The zero-order chi connectivity index (χ0) is 14.8. The van der Waals surface area contributed by atoms with Gasteiger partial charge in [-0.3, -0.25) is 14.9 Å². The van der Waals surface area contributed by atoms with Gasteiger partial charge < -0.3 is 4.98 Å². The van der Waals surface area contributed by atoms with E-state index >= 15 is 0 Å². The van der Waals surface area contributed by atoms with Crippen molar-refractivity contribution in [2.45, 2.75) is 32.6 Å². The molecule has 0 unspecified atom stereocenters. The van der Waals surface area contributed by atoms with Crippen LogP contribution in [0.5, 0.6) is 0 Å². The van der Waals surface area contributed by atoms with Gasteiger partial charge in [-0.2, -0.15) is 0 Å². The Morgan fingerprint density at radius 2 is 1.90 bits per heavy atom. The van der Waals surface area contributed by atoms with E-state index in [1.165, 1.54) is 6.08 Å². The van der Waals surface area contributed by atoms with Gasteiger partial charge in [-0.25, -0.2) is 0 Å². The van der Waals surface area contributed by atoms with Gasteiger partial charge in [0.2, 0.25) is 0 Å². The zero-order valence-corrected chi connectivity index (χ0v) is 12.0. The van der Waals surface area contributed by atoms with Crippen LogP contribution in [0.1, 0.15) is 37.4 Å². The molecule has 0 spiro atoms. The Kier molecular flexibility index (Phi) is 3.60. The summed E-state index contributed by atoms with van der Waals surface area (Å²) < 4.78 is 0. The molecule has 0 aliphatic carbocycles. The SMILES string of the molecule is CCCCCc1c(C2=CC(=O)NC2=O)[nH]c2ccccc12. The summed E-state index contributed by atoms with van der Waals surface area (Å²) in [5.41, 5.74) is 3.38. The van der Waals surface area contributed by atoms with Gasteiger partial charge in [0.1, 0.15) is 0 Å². The van der Waals surface area contributed by atoms with E-state index < -0.39 is 0 Å². The van der Waals surface area contributed by atoms with Crippen LogP contribution in [-0.2, 0) is 16.0 Å². The van der Waals surface area contributed by atoms with Crippen LogP contribution < -0.4 is 5.32 Å². The predicted molar refractivity (Wildman–Crippen MR) is 82.7 cm³/mol. The number of hydrogen-bond donors (Lipinski definition) is 2. The second kappa shape index (κ2) is 5.56. The van der Waals surface area contributed by atoms with Crippen LogP contribution >= 0.6 is 0 Å². The van der Waals surface area contributed by atoms with Gasteiger partial charge in [0.25, 0.3) is 11.8 Å². The van der Waals surface area contributed by atoms with Crippen LogP contribution in [-0.4, -0.2) is 16.8 Å². The molecule has 1 aromatic heterocycles. The standard InChI is InChI=1S/C17H18N2O2/c1-2-3-4-8-12-11-7-5-6-9-14(11)18-16(12)13-10-15(20)19-17(13)21/h5-7,9-10,18H,2-4,8H2,1H3,(H,19,20,21). The van der Waals surface area contributed by atoms with E-state index in [1.807, 2.05) is 18.2 Å². The molecule has 3 rings (SSSR count). The van der Waals surface area contributed by atoms with E-state index in [-0.39, 0.29) is 11.8 Å². The smallest absolute Gasteiger partial charge is 0.260 e. The number of aromatic nitrogens is 1. The first-order chi connectivity index (χ1) is 10.2. The fraction of sp³-hybridized carbons (Fsp3) is 0.294. The third kappa shape index (κ3) is 2.49. The lowest BCUT2D eigenvalue weighted by Gasteiger charge is -2.04. The molecule has 0 saturated heterocycles. The van der Waals surface area contributed by atoms with E-state index in [0.29, 0.717) is 5.57 Å². The number of imide groups is 1. The number of benzene rings is 1. The minimum Gasteiger partial charge on any atom is -0.354 e. The predicted octanol–water partition coefficient (Wildman–Crippen LogP) is 2.94. The van der Waals surface area contributed by atoms with Crippen LogP contribution in [0.3, 0.4) is 0 Å². The summed E-state index contributed by atoms with van der Waals surface area (Å²) in [7, 11) is 0. The molecule has 0 radical (unpaired) electrons. The summed E-state index contributed by atoms with van der Waals surface area (Å²) >= 11 is 0. The number of fused-ring (bicyclic) bond motifs is 1. The first-order valence-corrected chi connectivity index (χ1v) is 7.37. The fourth-order valence-corrected chi connectivity index (χ4v) is 2.84. The van der Waals surface area contributed by atoms with E-state index in [0.717, 1.165) is 47.8 Å². The lowest BCUT2D eigenvalue weighted by Crippen LogP contribution is -2.22. The van der Waals surface area contributed by atoms with Crippen molar-refractivity contribution in [3.63, 3.8) is 0 Å². The van der Waals surface area contributed by atoms with Crippen molar-refractivity contribution in [1.82, 2.24) is 10.3 Å². The van der Waals surface area contributed by atoms with Crippen molar-refractivity contribution in [3.05, 3.63) is 41.6 Å². The fourth-order valence-electron chi connectivity index (χ4n) is 2.84. The van der Waals surface area contributed by atoms with Crippen molar-refractivity contribution in [1.29, 1.82) is 0 Å². The van der Waals surface area contributed by atoms with E-state index in [9.17, 15) is 9.59 Å². The molecule has 1 aliphatic heterocycles. The Balaban J connectivity index is 2.08. The number of amides is 2. The molecule has 2 aromatic rings. The molecule has 2 amide bonds. The summed E-state index contributed by atoms with van der Waals surface area (Å²) in [6.45, 7) is 2.17. The monoisotopic (exact) mass is 282 g/mol. The maximum Gasteiger partial charge on any atom is 0.260 e. The molecule has 0 saturated carbocycles. The Bertz CT molecular complexity index is 740. The summed E-state index contributed by atoms with van der Waals surface area (Å²) in [6, 6.07) is 8.02. The topological polar surface area (TPSA) is 62.0 Å². The van der Waals surface area contributed by atoms with Crippen LogP contribution in [0, 0.1) is 0 Å². The largest absolute Gasteiger partial charge is 0.354 e. The van der Waals surface area contributed by atoms with Crippen molar-refractivity contribution in [2.24, 2.45) is 0 Å². The number of aryl methyl sites for hydroxylation is 1. The van der Waals surface area contributed by atoms with Crippen molar-refractivity contribution in [3.8, 4) is 0 Å². The molecule has 0 bridgehead atoms. The molecule has 21 heavy (non-hydrogen) atoms. The molecule has 2 N–H and O–H groups in total. The maximum atomic E-state index is 11.9. The number of carbonyl (C=O) groups excluding carboxylic acids is 2. The van der Waals surface area contributed by atoms with Crippen molar-refractivity contribution < 1.29 is 9.59 Å². The third-order valence-corrected chi connectivity index (χ3v) is 3.87. The quantitative estimate of drug-likeness (QED) is 0.654. The van der Waals surface area contributed by atoms with E-state index in [1.54, 1.807) is 0 Å². The van der Waals surface area contributed by atoms with Crippen LogP contribution in [0.25, 0.3) is 16.5 Å². The summed E-state index contributed by atoms with van der Waals surface area (Å²) in [6.07, 6.45) is 5.68. The average molecular weight is 282 g/mol. The molecule has 108 valence electrons. The normalized spacial score (nSPS) is 14.6. The van der Waals surface area contributed by atoms with Gasteiger partial charge in [0, 0.05) is 17.0 Å². The van der Waals surface area contributed by atoms with Gasteiger partial charge >= 0.3 is 0 Å². The highest BCUT2D eigenvalue weighted by Crippen LogP contribution is 2.30. The summed E-state index contributed by atoms with van der Waals surface area (Å²) in [5.74, 6) is -0.656. The third-order valence-electron chi connectivity index (χ3n) is 3.87. The second-order valence-electron chi connectivity index (χ2n) is 5.36. The zero-order valence-electron chi connectivity index (χ0n) is 12.0. The number of carbonyl (C=O) groups is 2. The number of nitrogens with one attached hydrogen (secondary N) is 2. The van der Waals surface area contributed by atoms with Gasteiger partial charge in [0.05, 0.1) is 11.3 Å².